The third-order valence-electron chi connectivity index (χ3n) is 7.35. The zero-order valence-corrected chi connectivity index (χ0v) is 17.8. The number of fused-ring (bicyclic) bond motifs is 4. The van der Waals surface area contributed by atoms with Crippen LogP contribution in [0.4, 0.5) is 0 Å². The number of nitrogens with zero attached hydrogens (tertiary/aromatic N) is 1. The highest BCUT2D eigenvalue weighted by Gasteiger charge is 2.45. The Morgan fingerprint density at radius 3 is 2.35 bits per heavy atom. The highest BCUT2D eigenvalue weighted by Crippen LogP contribution is 2.40. The molecule has 160 valence electrons. The summed E-state index contributed by atoms with van der Waals surface area (Å²) in [6, 6.07) is 15.1. The predicted molar refractivity (Wildman–Crippen MR) is 117 cm³/mol. The summed E-state index contributed by atoms with van der Waals surface area (Å²) in [5, 5.41) is 3.10. The minimum absolute atomic E-state index is 0.0855. The second-order valence-corrected chi connectivity index (χ2v) is 9.51. The van der Waals surface area contributed by atoms with E-state index in [2.05, 4.69) is 23.5 Å². The van der Waals surface area contributed by atoms with Crippen LogP contribution in [0.3, 0.4) is 0 Å². The predicted octanol–water partition coefficient (Wildman–Crippen LogP) is 3.15. The van der Waals surface area contributed by atoms with Crippen LogP contribution >= 0.6 is 0 Å². The highest BCUT2D eigenvalue weighted by molar-refractivity contribution is 5.92. The van der Waals surface area contributed by atoms with E-state index in [1.165, 1.54) is 11.1 Å². The lowest BCUT2D eigenvalue weighted by Gasteiger charge is -2.40. The Labute approximate surface area is 182 Å². The molecule has 3 unspecified atom stereocenters. The number of nitrogens with one attached hydrogen (secondary N) is 1. The van der Waals surface area contributed by atoms with Crippen molar-refractivity contribution in [2.45, 2.75) is 63.6 Å². The maximum Gasteiger partial charge on any atom is 0.246 e. The van der Waals surface area contributed by atoms with Crippen molar-refractivity contribution in [3.63, 3.8) is 0 Å². The van der Waals surface area contributed by atoms with Gasteiger partial charge in [0.25, 0.3) is 0 Å². The van der Waals surface area contributed by atoms with Crippen molar-refractivity contribution in [1.29, 1.82) is 0 Å². The fourth-order valence-corrected chi connectivity index (χ4v) is 5.73. The van der Waals surface area contributed by atoms with Crippen molar-refractivity contribution in [2.24, 2.45) is 5.41 Å². The second-order valence-electron chi connectivity index (χ2n) is 9.51. The third kappa shape index (κ3) is 3.36. The maximum atomic E-state index is 13.6. The van der Waals surface area contributed by atoms with Crippen molar-refractivity contribution in [3.8, 4) is 0 Å². The van der Waals surface area contributed by atoms with E-state index >= 15 is 0 Å². The summed E-state index contributed by atoms with van der Waals surface area (Å²) in [5.41, 5.74) is 4.03. The van der Waals surface area contributed by atoms with Gasteiger partial charge in [-0.25, -0.2) is 0 Å². The van der Waals surface area contributed by atoms with Gasteiger partial charge >= 0.3 is 0 Å². The molecule has 0 aromatic heterocycles. The Bertz CT molecular complexity index is 1020. The maximum absolute atomic E-state index is 13.6. The van der Waals surface area contributed by atoms with Gasteiger partial charge in [-0.3, -0.25) is 9.59 Å². The van der Waals surface area contributed by atoms with E-state index in [0.717, 1.165) is 30.3 Å². The molecule has 0 bridgehead atoms. The molecule has 0 radical (unpaired) electrons. The molecular weight excluding hydrogens is 388 g/mol. The number of carbonyl (C=O) groups is 3. The lowest BCUT2D eigenvalue weighted by Crippen LogP contribution is -2.56. The van der Waals surface area contributed by atoms with Crippen molar-refractivity contribution in [2.75, 3.05) is 0 Å². The van der Waals surface area contributed by atoms with Gasteiger partial charge in [-0.1, -0.05) is 55.5 Å². The fraction of sp³-hybridized carbons (Fsp3) is 0.423. The minimum atomic E-state index is -0.653. The van der Waals surface area contributed by atoms with E-state index in [4.69, 9.17) is 0 Å². The molecule has 0 spiro atoms. The smallest absolute Gasteiger partial charge is 0.246 e. The summed E-state index contributed by atoms with van der Waals surface area (Å²) in [6.45, 7) is 1.98. The summed E-state index contributed by atoms with van der Waals surface area (Å²) in [4.78, 5) is 40.6. The Hall–Kier alpha value is -2.95. The number of piperidine rings is 1. The molecule has 2 aliphatic heterocycles. The van der Waals surface area contributed by atoms with Gasteiger partial charge in [0.05, 0.1) is 17.5 Å². The fourth-order valence-electron chi connectivity index (χ4n) is 5.73. The molecule has 1 saturated heterocycles. The molecule has 5 nitrogen and oxygen atoms in total. The standard InChI is InChI=1S/C26H28N2O3/c1-26(14-18-8-2-3-9-19(18)15-26)25(31)27-22-13-17-7-4-5-11-21(17)23-12-6-10-20(16-29)28(23)24(22)30/h2-5,7-9,11,16,20,22-23H,6,10,12-15H2,1H3,(H,27,31). The minimum Gasteiger partial charge on any atom is -0.343 e. The first-order valence-electron chi connectivity index (χ1n) is 11.2. The van der Waals surface area contributed by atoms with E-state index in [1.807, 2.05) is 37.3 Å². The van der Waals surface area contributed by atoms with Crippen molar-refractivity contribution in [1.82, 2.24) is 10.2 Å². The van der Waals surface area contributed by atoms with E-state index in [9.17, 15) is 14.4 Å². The number of hydrogen-bond donors (Lipinski definition) is 1. The molecule has 31 heavy (non-hydrogen) atoms. The first kappa shape index (κ1) is 20.0. The largest absolute Gasteiger partial charge is 0.343 e. The summed E-state index contributed by atoms with van der Waals surface area (Å²) in [6.07, 6.45) is 5.15. The SMILES string of the molecule is CC1(C(=O)NC2Cc3ccccc3C3CCCC(C=O)N3C2=O)Cc2ccccc2C1. The molecule has 2 amide bonds. The van der Waals surface area contributed by atoms with Crippen LogP contribution in [0.1, 0.15) is 54.5 Å². The molecule has 2 aromatic rings. The zero-order valence-electron chi connectivity index (χ0n) is 17.8. The monoisotopic (exact) mass is 416 g/mol. The zero-order chi connectivity index (χ0) is 21.6. The Kier molecular flexibility index (Phi) is 4.92. The average molecular weight is 417 g/mol. The van der Waals surface area contributed by atoms with Gasteiger partial charge in [0.2, 0.25) is 11.8 Å². The van der Waals surface area contributed by atoms with E-state index in [0.29, 0.717) is 25.7 Å². The Morgan fingerprint density at radius 2 is 1.68 bits per heavy atom. The number of rotatable bonds is 3. The van der Waals surface area contributed by atoms with Gasteiger partial charge in [-0.05, 0) is 54.4 Å². The molecule has 3 atom stereocenters. The Morgan fingerprint density at radius 1 is 1.03 bits per heavy atom. The number of aldehydes is 1. The van der Waals surface area contributed by atoms with Gasteiger partial charge in [0.15, 0.2) is 0 Å². The molecule has 1 fully saturated rings. The quantitative estimate of drug-likeness (QED) is 0.782. The van der Waals surface area contributed by atoms with Crippen LogP contribution in [-0.4, -0.2) is 35.1 Å². The van der Waals surface area contributed by atoms with Crippen LogP contribution in [0, 0.1) is 5.41 Å². The molecule has 3 aliphatic rings. The third-order valence-corrected chi connectivity index (χ3v) is 7.35. The van der Waals surface area contributed by atoms with Crippen LogP contribution < -0.4 is 5.32 Å². The van der Waals surface area contributed by atoms with Crippen molar-refractivity contribution >= 4 is 18.1 Å². The van der Waals surface area contributed by atoms with Gasteiger partial charge in [0, 0.05) is 6.42 Å². The molecule has 1 aliphatic carbocycles. The summed E-state index contributed by atoms with van der Waals surface area (Å²) in [7, 11) is 0. The normalized spacial score (nSPS) is 26.3. The lowest BCUT2D eigenvalue weighted by atomic mass is 9.85. The molecule has 2 heterocycles. The molecule has 5 rings (SSSR count). The Balaban J connectivity index is 1.45. The molecule has 5 heteroatoms. The molecule has 0 saturated carbocycles. The van der Waals surface area contributed by atoms with E-state index in [-0.39, 0.29) is 17.9 Å². The number of hydrogen-bond acceptors (Lipinski definition) is 3. The number of carbonyl (C=O) groups excluding carboxylic acids is 3. The second kappa shape index (κ2) is 7.63. The molecule has 1 N–H and O–H groups in total. The van der Waals surface area contributed by atoms with Gasteiger partial charge in [-0.2, -0.15) is 0 Å². The van der Waals surface area contributed by atoms with Gasteiger partial charge in [-0.15, -0.1) is 0 Å². The highest BCUT2D eigenvalue weighted by atomic mass is 16.2. The molecular formula is C26H28N2O3. The number of amides is 2. The first-order chi connectivity index (χ1) is 15.0. The first-order valence-corrected chi connectivity index (χ1v) is 11.2. The summed E-state index contributed by atoms with van der Waals surface area (Å²) in [5.74, 6) is -0.219. The van der Waals surface area contributed by atoms with Gasteiger partial charge < -0.3 is 15.0 Å². The summed E-state index contributed by atoms with van der Waals surface area (Å²) >= 11 is 0. The van der Waals surface area contributed by atoms with E-state index < -0.39 is 17.5 Å². The van der Waals surface area contributed by atoms with Crippen LogP contribution in [0.15, 0.2) is 48.5 Å². The van der Waals surface area contributed by atoms with Crippen LogP contribution in [0.25, 0.3) is 0 Å². The average Bonchev–Trinajstić information content (AvgIpc) is 3.09. The van der Waals surface area contributed by atoms with Crippen LogP contribution in [0.5, 0.6) is 0 Å². The van der Waals surface area contributed by atoms with Crippen molar-refractivity contribution < 1.29 is 14.4 Å². The lowest BCUT2D eigenvalue weighted by molar-refractivity contribution is -0.145. The topological polar surface area (TPSA) is 66.5 Å². The van der Waals surface area contributed by atoms with Crippen LogP contribution in [0.2, 0.25) is 0 Å². The van der Waals surface area contributed by atoms with Crippen LogP contribution in [-0.2, 0) is 33.6 Å². The van der Waals surface area contributed by atoms with E-state index in [1.54, 1.807) is 4.90 Å². The molecule has 2 aromatic carbocycles. The number of benzene rings is 2. The van der Waals surface area contributed by atoms with Crippen molar-refractivity contribution in [3.05, 3.63) is 70.8 Å². The summed E-state index contributed by atoms with van der Waals surface area (Å²) < 4.78 is 0. The van der Waals surface area contributed by atoms with Gasteiger partial charge in [0.1, 0.15) is 12.3 Å².